The van der Waals surface area contributed by atoms with Crippen molar-refractivity contribution in [1.29, 1.82) is 0 Å². The summed E-state index contributed by atoms with van der Waals surface area (Å²) in [6.07, 6.45) is -0.457. The summed E-state index contributed by atoms with van der Waals surface area (Å²) < 4.78 is 0.915. The summed E-state index contributed by atoms with van der Waals surface area (Å²) in [5, 5.41) is 13.5. The quantitative estimate of drug-likeness (QED) is 0.603. The number of halogens is 1. The number of carbonyl (C=O) groups is 3. The molecule has 0 saturated heterocycles. The summed E-state index contributed by atoms with van der Waals surface area (Å²) in [5.74, 6) is -2.12. The fourth-order valence-electron chi connectivity index (χ4n) is 1.40. The van der Waals surface area contributed by atoms with E-state index in [2.05, 4.69) is 26.6 Å². The molecule has 0 fully saturated rings. The van der Waals surface area contributed by atoms with Crippen LogP contribution in [0, 0.1) is 0 Å². The normalized spacial score (nSPS) is 11.4. The van der Waals surface area contributed by atoms with Gasteiger partial charge in [-0.25, -0.2) is 9.59 Å². The number of hydrogen-bond acceptors (Lipinski definition) is 3. The third kappa shape index (κ3) is 5.70. The van der Waals surface area contributed by atoms with E-state index in [1.54, 1.807) is 0 Å². The monoisotopic (exact) mass is 343 g/mol. The van der Waals surface area contributed by atoms with Crippen LogP contribution in [0.5, 0.6) is 0 Å². The Hall–Kier alpha value is -2.09. The van der Waals surface area contributed by atoms with E-state index in [0.29, 0.717) is 0 Å². The molecule has 7 nitrogen and oxygen atoms in total. The lowest BCUT2D eigenvalue weighted by Gasteiger charge is -2.13. The zero-order valence-electron chi connectivity index (χ0n) is 10.4. The molecule has 0 saturated carbocycles. The first kappa shape index (κ1) is 16.0. The van der Waals surface area contributed by atoms with Gasteiger partial charge in [0.05, 0.1) is 6.42 Å². The van der Waals surface area contributed by atoms with Crippen molar-refractivity contribution in [3.05, 3.63) is 34.3 Å². The van der Waals surface area contributed by atoms with Crippen LogP contribution < -0.4 is 16.4 Å². The number of urea groups is 1. The highest BCUT2D eigenvalue weighted by atomic mass is 79.9. The minimum atomic E-state index is -1.34. The maximum atomic E-state index is 11.5. The van der Waals surface area contributed by atoms with E-state index < -0.39 is 30.4 Å². The summed E-state index contributed by atoms with van der Waals surface area (Å²) in [6, 6.07) is 5.24. The van der Waals surface area contributed by atoms with Gasteiger partial charge in [0, 0.05) is 11.0 Å². The zero-order valence-corrected chi connectivity index (χ0v) is 12.0. The van der Waals surface area contributed by atoms with Gasteiger partial charge in [0.1, 0.15) is 6.04 Å². The van der Waals surface area contributed by atoms with Crippen LogP contribution in [0.3, 0.4) is 0 Å². The second-order valence-electron chi connectivity index (χ2n) is 4.01. The standard InChI is InChI=1S/C12H14BrN3O4/c13-8-3-1-7(2-4-8)6-15-12(20)16-9(11(18)19)5-10(14)17/h1-4,9H,5-6H2,(H2,14,17)(H,18,19)(H2,15,16,20). The number of rotatable bonds is 6. The van der Waals surface area contributed by atoms with Crippen molar-refractivity contribution in [3.8, 4) is 0 Å². The molecule has 0 aliphatic heterocycles. The lowest BCUT2D eigenvalue weighted by atomic mass is 10.2. The van der Waals surface area contributed by atoms with E-state index in [1.807, 2.05) is 24.3 Å². The minimum absolute atomic E-state index is 0.238. The first-order valence-electron chi connectivity index (χ1n) is 5.68. The Bertz CT molecular complexity index is 504. The van der Waals surface area contributed by atoms with Gasteiger partial charge >= 0.3 is 12.0 Å². The first-order chi connectivity index (χ1) is 9.38. The molecule has 5 N–H and O–H groups in total. The highest BCUT2D eigenvalue weighted by molar-refractivity contribution is 9.10. The average Bonchev–Trinajstić information content (AvgIpc) is 2.36. The molecule has 0 aromatic heterocycles. The Morgan fingerprint density at radius 2 is 1.85 bits per heavy atom. The predicted molar refractivity (Wildman–Crippen MR) is 74.7 cm³/mol. The van der Waals surface area contributed by atoms with Crippen molar-refractivity contribution in [1.82, 2.24) is 10.6 Å². The van der Waals surface area contributed by atoms with E-state index in [-0.39, 0.29) is 6.54 Å². The van der Waals surface area contributed by atoms with Gasteiger partial charge in [0.2, 0.25) is 5.91 Å². The Morgan fingerprint density at radius 3 is 2.35 bits per heavy atom. The third-order valence-electron chi connectivity index (χ3n) is 2.38. The summed E-state index contributed by atoms with van der Waals surface area (Å²) in [6.45, 7) is 0.238. The zero-order chi connectivity index (χ0) is 15.1. The fourth-order valence-corrected chi connectivity index (χ4v) is 1.66. The predicted octanol–water partition coefficient (Wildman–Crippen LogP) is 0.577. The second kappa shape index (κ2) is 7.49. The van der Waals surface area contributed by atoms with Crippen LogP contribution in [0.4, 0.5) is 4.79 Å². The number of carboxylic acid groups (broad SMARTS) is 1. The van der Waals surface area contributed by atoms with Crippen molar-refractivity contribution >= 4 is 33.8 Å². The third-order valence-corrected chi connectivity index (χ3v) is 2.90. The second-order valence-corrected chi connectivity index (χ2v) is 4.93. The van der Waals surface area contributed by atoms with Crippen molar-refractivity contribution in [2.45, 2.75) is 19.0 Å². The molecule has 0 aliphatic rings. The molecule has 0 spiro atoms. The van der Waals surface area contributed by atoms with Crippen LogP contribution in [0.2, 0.25) is 0 Å². The van der Waals surface area contributed by atoms with Gasteiger partial charge < -0.3 is 21.5 Å². The minimum Gasteiger partial charge on any atom is -0.480 e. The number of nitrogens with two attached hydrogens (primary N) is 1. The summed E-state index contributed by atoms with van der Waals surface area (Å²) in [4.78, 5) is 33.0. The number of nitrogens with one attached hydrogen (secondary N) is 2. The van der Waals surface area contributed by atoms with Crippen LogP contribution in [-0.4, -0.2) is 29.1 Å². The van der Waals surface area contributed by atoms with Gasteiger partial charge in [0.25, 0.3) is 0 Å². The molecule has 0 aliphatic carbocycles. The molecule has 0 bridgehead atoms. The van der Waals surface area contributed by atoms with E-state index in [4.69, 9.17) is 10.8 Å². The molecule has 1 atom stereocenters. The molecule has 1 rings (SSSR count). The number of aliphatic carboxylic acids is 1. The van der Waals surface area contributed by atoms with Gasteiger partial charge in [-0.2, -0.15) is 0 Å². The Balaban J connectivity index is 2.47. The Kier molecular flexibility index (Phi) is 5.98. The van der Waals surface area contributed by atoms with E-state index in [0.717, 1.165) is 10.0 Å². The first-order valence-corrected chi connectivity index (χ1v) is 6.47. The molecule has 0 radical (unpaired) electrons. The fraction of sp³-hybridized carbons (Fsp3) is 0.250. The van der Waals surface area contributed by atoms with Crippen LogP contribution in [0.1, 0.15) is 12.0 Å². The topological polar surface area (TPSA) is 122 Å². The summed E-state index contributed by atoms with van der Waals surface area (Å²) >= 11 is 3.29. The molecule has 0 heterocycles. The van der Waals surface area contributed by atoms with Gasteiger partial charge in [-0.15, -0.1) is 0 Å². The molecule has 20 heavy (non-hydrogen) atoms. The lowest BCUT2D eigenvalue weighted by molar-refractivity contribution is -0.140. The molecule has 3 amide bonds. The number of amides is 3. The van der Waals surface area contributed by atoms with Crippen molar-refractivity contribution in [2.75, 3.05) is 0 Å². The average molecular weight is 344 g/mol. The lowest BCUT2D eigenvalue weighted by Crippen LogP contribution is -2.47. The summed E-state index contributed by atoms with van der Waals surface area (Å²) in [7, 11) is 0. The van der Waals surface area contributed by atoms with E-state index in [9.17, 15) is 14.4 Å². The van der Waals surface area contributed by atoms with Gasteiger partial charge in [0.15, 0.2) is 0 Å². The maximum absolute atomic E-state index is 11.5. The number of hydrogen-bond donors (Lipinski definition) is 4. The van der Waals surface area contributed by atoms with E-state index >= 15 is 0 Å². The highest BCUT2D eigenvalue weighted by Crippen LogP contribution is 2.10. The SMILES string of the molecule is NC(=O)CC(NC(=O)NCc1ccc(Br)cc1)C(=O)O. The molecule has 1 unspecified atom stereocenters. The van der Waals surface area contributed by atoms with Crippen LogP contribution in [0.25, 0.3) is 0 Å². The molecule has 1 aromatic rings. The van der Waals surface area contributed by atoms with Gasteiger partial charge in [-0.3, -0.25) is 4.79 Å². The van der Waals surface area contributed by atoms with Crippen LogP contribution >= 0.6 is 15.9 Å². The molecule has 1 aromatic carbocycles. The Labute approximate surface area is 123 Å². The number of carbonyl (C=O) groups excluding carboxylic acids is 2. The number of benzene rings is 1. The smallest absolute Gasteiger partial charge is 0.326 e. The molecular weight excluding hydrogens is 330 g/mol. The van der Waals surface area contributed by atoms with E-state index in [1.165, 1.54) is 0 Å². The molecule has 8 heteroatoms. The number of primary amides is 1. The summed E-state index contributed by atoms with van der Waals surface area (Å²) in [5.41, 5.74) is 5.76. The Morgan fingerprint density at radius 1 is 1.25 bits per heavy atom. The van der Waals surface area contributed by atoms with Crippen LogP contribution in [0.15, 0.2) is 28.7 Å². The van der Waals surface area contributed by atoms with Gasteiger partial charge in [-0.05, 0) is 17.7 Å². The van der Waals surface area contributed by atoms with Crippen molar-refractivity contribution in [2.24, 2.45) is 5.73 Å². The molecular formula is C12H14BrN3O4. The maximum Gasteiger partial charge on any atom is 0.326 e. The highest BCUT2D eigenvalue weighted by Gasteiger charge is 2.21. The van der Waals surface area contributed by atoms with Crippen molar-refractivity contribution < 1.29 is 19.5 Å². The van der Waals surface area contributed by atoms with Gasteiger partial charge in [-0.1, -0.05) is 28.1 Å². The molecule has 108 valence electrons. The largest absolute Gasteiger partial charge is 0.480 e. The van der Waals surface area contributed by atoms with Crippen molar-refractivity contribution in [3.63, 3.8) is 0 Å². The van der Waals surface area contributed by atoms with Crippen LogP contribution in [-0.2, 0) is 16.1 Å². The number of carboxylic acids is 1.